The van der Waals surface area contributed by atoms with Crippen LogP contribution in [0.4, 0.5) is 0 Å². The normalized spacial score (nSPS) is 19.3. The van der Waals surface area contributed by atoms with Gasteiger partial charge in [0.05, 0.1) is 6.20 Å². The van der Waals surface area contributed by atoms with Crippen LogP contribution < -0.4 is 0 Å². The van der Waals surface area contributed by atoms with Crippen molar-refractivity contribution in [2.24, 2.45) is 13.0 Å². The minimum Gasteiger partial charge on any atom is -0.276 e. The van der Waals surface area contributed by atoms with E-state index in [1.807, 2.05) is 19.4 Å². The van der Waals surface area contributed by atoms with Crippen LogP contribution in [-0.2, 0) is 23.5 Å². The molecule has 0 unspecified atom stereocenters. The second-order valence-corrected chi connectivity index (χ2v) is 8.04. The maximum atomic E-state index is 12.9. The van der Waals surface area contributed by atoms with Crippen LogP contribution in [0.25, 0.3) is 11.0 Å². The first-order valence-electron chi connectivity index (χ1n) is 7.73. The first-order chi connectivity index (χ1) is 11.5. The Balaban J connectivity index is 1.56. The molecule has 1 aliphatic heterocycles. The van der Waals surface area contributed by atoms with Crippen LogP contribution in [0.1, 0.15) is 12.0 Å². The smallest absolute Gasteiger partial charge is 0.245 e. The highest BCUT2D eigenvalue weighted by Crippen LogP contribution is 2.29. The summed E-state index contributed by atoms with van der Waals surface area (Å²) in [6.45, 7) is 1.01. The van der Waals surface area contributed by atoms with E-state index in [0.29, 0.717) is 24.5 Å². The predicted octanol–water partition coefficient (Wildman–Crippen LogP) is 1.21. The zero-order valence-electron chi connectivity index (χ0n) is 13.2. The zero-order chi connectivity index (χ0) is 16.7. The van der Waals surface area contributed by atoms with E-state index in [2.05, 4.69) is 20.0 Å². The van der Waals surface area contributed by atoms with Gasteiger partial charge in [0.25, 0.3) is 0 Å². The van der Waals surface area contributed by atoms with Gasteiger partial charge in [-0.3, -0.25) is 4.68 Å². The van der Waals surface area contributed by atoms with E-state index in [9.17, 15) is 8.42 Å². The Morgan fingerprint density at radius 3 is 3.00 bits per heavy atom. The number of hydrogen-bond acceptors (Lipinski definition) is 6. The average molecular weight is 347 g/mol. The average Bonchev–Trinajstić information content (AvgIpc) is 3.28. The highest BCUT2D eigenvalue weighted by Gasteiger charge is 2.34. The maximum Gasteiger partial charge on any atom is 0.245 e. The van der Waals surface area contributed by atoms with Crippen LogP contribution in [0.2, 0.25) is 0 Å². The van der Waals surface area contributed by atoms with Crippen molar-refractivity contribution in [1.82, 2.24) is 24.4 Å². The van der Waals surface area contributed by atoms with Crippen LogP contribution in [0.5, 0.6) is 0 Å². The van der Waals surface area contributed by atoms with E-state index in [1.54, 1.807) is 22.9 Å². The van der Waals surface area contributed by atoms with Crippen molar-refractivity contribution in [2.45, 2.75) is 17.7 Å². The number of benzene rings is 1. The Labute approximate surface area is 139 Å². The molecule has 3 heterocycles. The second-order valence-electron chi connectivity index (χ2n) is 6.13. The molecule has 8 nitrogen and oxygen atoms in total. The fourth-order valence-electron chi connectivity index (χ4n) is 3.22. The van der Waals surface area contributed by atoms with Crippen LogP contribution in [0.3, 0.4) is 0 Å². The highest BCUT2D eigenvalue weighted by molar-refractivity contribution is 7.89. The summed E-state index contributed by atoms with van der Waals surface area (Å²) in [6, 6.07) is 4.89. The van der Waals surface area contributed by atoms with Gasteiger partial charge >= 0.3 is 0 Å². The monoisotopic (exact) mass is 347 g/mol. The first-order valence-corrected chi connectivity index (χ1v) is 9.17. The summed E-state index contributed by atoms with van der Waals surface area (Å²) in [6.07, 6.45) is 5.47. The molecule has 0 saturated carbocycles. The van der Waals surface area contributed by atoms with Gasteiger partial charge in [-0.1, -0.05) is 6.07 Å². The Hall–Kier alpha value is -2.26. The number of hydrogen-bond donors (Lipinski definition) is 0. The molecular weight excluding hydrogens is 330 g/mol. The van der Waals surface area contributed by atoms with Crippen LogP contribution >= 0.6 is 0 Å². The standard InChI is InChI=1S/C15H17N5O3S/c1-19-9-12(8-16-19)7-11-5-6-20(10-11)24(21,22)14-4-2-3-13-15(14)18-23-17-13/h2-4,8-9,11H,5-7,10H2,1H3/t11-/m0/s1. The largest absolute Gasteiger partial charge is 0.276 e. The van der Waals surface area contributed by atoms with E-state index in [4.69, 9.17) is 0 Å². The second kappa shape index (κ2) is 5.67. The molecule has 1 saturated heterocycles. The third-order valence-electron chi connectivity index (χ3n) is 4.40. The zero-order valence-corrected chi connectivity index (χ0v) is 14.0. The lowest BCUT2D eigenvalue weighted by Crippen LogP contribution is -2.29. The number of sulfonamides is 1. The lowest BCUT2D eigenvalue weighted by atomic mass is 10.0. The molecule has 24 heavy (non-hydrogen) atoms. The molecule has 1 fully saturated rings. The molecular formula is C15H17N5O3S. The van der Waals surface area contributed by atoms with E-state index < -0.39 is 10.0 Å². The predicted molar refractivity (Wildman–Crippen MR) is 85.6 cm³/mol. The van der Waals surface area contributed by atoms with Crippen LogP contribution in [-0.4, -0.2) is 45.9 Å². The van der Waals surface area contributed by atoms with Gasteiger partial charge in [0.2, 0.25) is 10.0 Å². The number of fused-ring (bicyclic) bond motifs is 1. The Kier molecular flexibility index (Phi) is 3.61. The lowest BCUT2D eigenvalue weighted by Gasteiger charge is -2.16. The molecule has 126 valence electrons. The molecule has 1 aliphatic rings. The molecule has 0 bridgehead atoms. The molecule has 0 spiro atoms. The Morgan fingerprint density at radius 1 is 1.33 bits per heavy atom. The molecule has 4 rings (SSSR count). The summed E-state index contributed by atoms with van der Waals surface area (Å²) < 4.78 is 33.9. The van der Waals surface area contributed by atoms with Gasteiger partial charge in [0.1, 0.15) is 10.4 Å². The van der Waals surface area contributed by atoms with Gasteiger partial charge < -0.3 is 0 Å². The van der Waals surface area contributed by atoms with E-state index in [1.165, 1.54) is 4.31 Å². The number of rotatable bonds is 4. The van der Waals surface area contributed by atoms with Crippen molar-refractivity contribution < 1.29 is 13.0 Å². The van der Waals surface area contributed by atoms with Gasteiger partial charge in [0.15, 0.2) is 5.52 Å². The van der Waals surface area contributed by atoms with E-state index in [0.717, 1.165) is 18.4 Å². The Bertz CT molecular complexity index is 978. The molecule has 2 aromatic heterocycles. The molecule has 0 N–H and O–H groups in total. The van der Waals surface area contributed by atoms with Crippen molar-refractivity contribution in [3.05, 3.63) is 36.2 Å². The maximum absolute atomic E-state index is 12.9. The van der Waals surface area contributed by atoms with Crippen molar-refractivity contribution in [1.29, 1.82) is 0 Å². The molecule has 9 heteroatoms. The molecule has 0 radical (unpaired) electrons. The van der Waals surface area contributed by atoms with E-state index >= 15 is 0 Å². The number of aromatic nitrogens is 4. The molecule has 0 amide bonds. The van der Waals surface area contributed by atoms with Crippen molar-refractivity contribution in [2.75, 3.05) is 13.1 Å². The van der Waals surface area contributed by atoms with Crippen molar-refractivity contribution in [3.63, 3.8) is 0 Å². The number of aryl methyl sites for hydroxylation is 1. The van der Waals surface area contributed by atoms with Gasteiger partial charge in [-0.25, -0.2) is 13.0 Å². The Morgan fingerprint density at radius 2 is 2.21 bits per heavy atom. The first kappa shape index (κ1) is 15.3. The summed E-state index contributed by atoms with van der Waals surface area (Å²) in [7, 11) is -1.73. The molecule has 3 aromatic rings. The van der Waals surface area contributed by atoms with Gasteiger partial charge in [-0.15, -0.1) is 0 Å². The molecule has 1 aromatic carbocycles. The molecule has 0 aliphatic carbocycles. The summed E-state index contributed by atoms with van der Waals surface area (Å²) in [5.41, 5.74) is 1.86. The SMILES string of the molecule is Cn1cc(C[C@@H]2CCN(S(=O)(=O)c3cccc4nonc34)C2)cn1. The highest BCUT2D eigenvalue weighted by atomic mass is 32.2. The van der Waals surface area contributed by atoms with Gasteiger partial charge in [-0.05, 0) is 46.8 Å². The minimum absolute atomic E-state index is 0.156. The fourth-order valence-corrected chi connectivity index (χ4v) is 4.89. The third kappa shape index (κ3) is 2.59. The molecule has 1 atom stereocenters. The quantitative estimate of drug-likeness (QED) is 0.704. The van der Waals surface area contributed by atoms with Crippen molar-refractivity contribution >= 4 is 21.1 Å². The van der Waals surface area contributed by atoms with Gasteiger partial charge in [0, 0.05) is 26.3 Å². The summed E-state index contributed by atoms with van der Waals surface area (Å²) in [4.78, 5) is 0.156. The summed E-state index contributed by atoms with van der Waals surface area (Å²) in [5, 5.41) is 11.6. The third-order valence-corrected chi connectivity index (χ3v) is 6.29. The minimum atomic E-state index is -3.61. The van der Waals surface area contributed by atoms with E-state index in [-0.39, 0.29) is 10.4 Å². The van der Waals surface area contributed by atoms with Gasteiger partial charge in [-0.2, -0.15) is 9.40 Å². The topological polar surface area (TPSA) is 94.1 Å². The lowest BCUT2D eigenvalue weighted by molar-refractivity contribution is 0.315. The van der Waals surface area contributed by atoms with Crippen LogP contribution in [0, 0.1) is 5.92 Å². The summed E-state index contributed by atoms with van der Waals surface area (Å²) in [5.74, 6) is 0.290. The summed E-state index contributed by atoms with van der Waals surface area (Å²) >= 11 is 0. The van der Waals surface area contributed by atoms with Crippen molar-refractivity contribution in [3.8, 4) is 0 Å². The van der Waals surface area contributed by atoms with Crippen LogP contribution in [0.15, 0.2) is 40.1 Å². The number of nitrogens with zero attached hydrogens (tertiary/aromatic N) is 5. The fraction of sp³-hybridized carbons (Fsp3) is 0.400.